The minimum Gasteiger partial charge on any atom is -0.319 e. The molecule has 1 saturated carbocycles. The maximum atomic E-state index is 12.3. The van der Waals surface area contributed by atoms with Crippen LogP contribution in [-0.2, 0) is 4.79 Å². The van der Waals surface area contributed by atoms with Crippen molar-refractivity contribution >= 4 is 17.5 Å². The second kappa shape index (κ2) is 4.56. The Morgan fingerprint density at radius 2 is 2.22 bits per heavy atom. The standard InChI is InChI=1S/C14H17ClN2O/c1-2-12-14(18)17(11-6-7-11)13(16-12)9-4-3-5-10(15)8-9/h3-5,8,11-13,16H,2,6-7H2,1H3. The number of carbonyl (C=O) groups is 1. The zero-order valence-corrected chi connectivity index (χ0v) is 11.2. The Bertz CT molecular complexity index is 473. The first kappa shape index (κ1) is 12.0. The molecule has 18 heavy (non-hydrogen) atoms. The lowest BCUT2D eigenvalue weighted by molar-refractivity contribution is -0.130. The molecule has 0 aromatic heterocycles. The van der Waals surface area contributed by atoms with Crippen molar-refractivity contribution in [2.75, 3.05) is 0 Å². The Hall–Kier alpha value is -1.06. The van der Waals surface area contributed by atoms with Crippen molar-refractivity contribution in [2.45, 2.75) is 44.4 Å². The number of rotatable bonds is 3. The highest BCUT2D eigenvalue weighted by Crippen LogP contribution is 2.38. The molecular formula is C14H17ClN2O. The van der Waals surface area contributed by atoms with Gasteiger partial charge in [-0.3, -0.25) is 10.1 Å². The van der Waals surface area contributed by atoms with Gasteiger partial charge < -0.3 is 4.90 Å². The maximum absolute atomic E-state index is 12.3. The predicted molar refractivity (Wildman–Crippen MR) is 71.3 cm³/mol. The van der Waals surface area contributed by atoms with Gasteiger partial charge in [-0.2, -0.15) is 0 Å². The molecule has 2 aliphatic rings. The van der Waals surface area contributed by atoms with E-state index < -0.39 is 0 Å². The summed E-state index contributed by atoms with van der Waals surface area (Å²) in [5.41, 5.74) is 1.08. The van der Waals surface area contributed by atoms with Crippen molar-refractivity contribution < 1.29 is 4.79 Å². The summed E-state index contributed by atoms with van der Waals surface area (Å²) in [6.45, 7) is 2.04. The lowest BCUT2D eigenvalue weighted by Crippen LogP contribution is -2.32. The van der Waals surface area contributed by atoms with Gasteiger partial charge in [-0.05, 0) is 37.0 Å². The second-order valence-electron chi connectivity index (χ2n) is 5.06. The highest BCUT2D eigenvalue weighted by atomic mass is 35.5. The van der Waals surface area contributed by atoms with E-state index in [0.29, 0.717) is 6.04 Å². The molecule has 1 aromatic carbocycles. The van der Waals surface area contributed by atoms with Gasteiger partial charge in [0.05, 0.1) is 6.04 Å². The number of benzene rings is 1. The molecule has 1 amide bonds. The summed E-state index contributed by atoms with van der Waals surface area (Å²) in [6, 6.07) is 8.15. The van der Waals surface area contributed by atoms with Crippen LogP contribution in [0, 0.1) is 0 Å². The summed E-state index contributed by atoms with van der Waals surface area (Å²) in [5, 5.41) is 4.14. The first-order valence-corrected chi connectivity index (χ1v) is 6.92. The molecule has 1 heterocycles. The van der Waals surface area contributed by atoms with Gasteiger partial charge in [0.15, 0.2) is 0 Å². The van der Waals surface area contributed by atoms with Crippen LogP contribution in [0.25, 0.3) is 0 Å². The summed E-state index contributed by atoms with van der Waals surface area (Å²) >= 11 is 6.04. The highest BCUT2D eigenvalue weighted by molar-refractivity contribution is 6.30. The molecule has 4 heteroatoms. The van der Waals surface area contributed by atoms with Crippen molar-refractivity contribution in [1.82, 2.24) is 10.2 Å². The number of halogens is 1. The Labute approximate surface area is 112 Å². The minimum absolute atomic E-state index is 0.00588. The number of hydrogen-bond donors (Lipinski definition) is 1. The molecule has 0 bridgehead atoms. The van der Waals surface area contributed by atoms with Crippen molar-refractivity contribution in [2.24, 2.45) is 0 Å². The third-order valence-corrected chi connectivity index (χ3v) is 3.94. The van der Waals surface area contributed by atoms with Crippen LogP contribution in [0.3, 0.4) is 0 Å². The van der Waals surface area contributed by atoms with E-state index in [1.165, 1.54) is 0 Å². The molecule has 2 fully saturated rings. The topological polar surface area (TPSA) is 32.3 Å². The van der Waals surface area contributed by atoms with Crippen LogP contribution in [0.4, 0.5) is 0 Å². The van der Waals surface area contributed by atoms with Crippen LogP contribution >= 0.6 is 11.6 Å². The number of amides is 1. The van der Waals surface area contributed by atoms with E-state index >= 15 is 0 Å². The smallest absolute Gasteiger partial charge is 0.241 e. The average molecular weight is 265 g/mol. The fraction of sp³-hybridized carbons (Fsp3) is 0.500. The Morgan fingerprint density at radius 1 is 1.44 bits per heavy atom. The van der Waals surface area contributed by atoms with E-state index in [1.54, 1.807) is 0 Å². The third-order valence-electron chi connectivity index (χ3n) is 3.70. The van der Waals surface area contributed by atoms with Gasteiger partial charge in [-0.25, -0.2) is 0 Å². The number of carbonyl (C=O) groups excluding carboxylic acids is 1. The fourth-order valence-electron chi connectivity index (χ4n) is 2.62. The molecule has 2 unspecified atom stereocenters. The molecule has 3 rings (SSSR count). The van der Waals surface area contributed by atoms with Crippen LogP contribution < -0.4 is 5.32 Å². The van der Waals surface area contributed by atoms with Gasteiger partial charge in [-0.1, -0.05) is 30.7 Å². The van der Waals surface area contributed by atoms with Crippen LogP contribution in [0.15, 0.2) is 24.3 Å². The molecule has 0 spiro atoms. The summed E-state index contributed by atoms with van der Waals surface area (Å²) in [5.74, 6) is 0.241. The molecule has 2 atom stereocenters. The molecule has 0 radical (unpaired) electrons. The van der Waals surface area contributed by atoms with Gasteiger partial charge in [0.1, 0.15) is 6.17 Å². The van der Waals surface area contributed by atoms with Crippen LogP contribution in [0.1, 0.15) is 37.9 Å². The van der Waals surface area contributed by atoms with Gasteiger partial charge in [0, 0.05) is 11.1 Å². The lowest BCUT2D eigenvalue weighted by atomic mass is 10.1. The highest BCUT2D eigenvalue weighted by Gasteiger charge is 2.45. The predicted octanol–water partition coefficient (Wildman–Crippen LogP) is 2.71. The van der Waals surface area contributed by atoms with Gasteiger partial charge in [-0.15, -0.1) is 0 Å². The Morgan fingerprint density at radius 3 is 2.83 bits per heavy atom. The maximum Gasteiger partial charge on any atom is 0.241 e. The van der Waals surface area contributed by atoms with Gasteiger partial charge in [0.2, 0.25) is 5.91 Å². The lowest BCUT2D eigenvalue weighted by Gasteiger charge is -2.24. The Kier molecular flexibility index (Phi) is 3.04. The zero-order chi connectivity index (χ0) is 12.7. The van der Waals surface area contributed by atoms with E-state index in [0.717, 1.165) is 29.8 Å². The summed E-state index contributed by atoms with van der Waals surface area (Å²) in [4.78, 5) is 14.3. The second-order valence-corrected chi connectivity index (χ2v) is 5.50. The summed E-state index contributed by atoms with van der Waals surface area (Å²) < 4.78 is 0. The van der Waals surface area contributed by atoms with Gasteiger partial charge in [0.25, 0.3) is 0 Å². The summed E-state index contributed by atoms with van der Waals surface area (Å²) in [6.07, 6.45) is 3.08. The normalized spacial score (nSPS) is 27.9. The Balaban J connectivity index is 1.92. The molecule has 1 N–H and O–H groups in total. The van der Waals surface area contributed by atoms with Crippen molar-refractivity contribution in [3.8, 4) is 0 Å². The van der Waals surface area contributed by atoms with E-state index in [-0.39, 0.29) is 18.1 Å². The average Bonchev–Trinajstić information content (AvgIpc) is 3.13. The summed E-state index contributed by atoms with van der Waals surface area (Å²) in [7, 11) is 0. The van der Waals surface area contributed by atoms with Crippen LogP contribution in [0.5, 0.6) is 0 Å². The zero-order valence-electron chi connectivity index (χ0n) is 10.4. The number of hydrogen-bond acceptors (Lipinski definition) is 2. The van der Waals surface area contributed by atoms with E-state index in [9.17, 15) is 4.79 Å². The quantitative estimate of drug-likeness (QED) is 0.910. The van der Waals surface area contributed by atoms with Crippen molar-refractivity contribution in [3.63, 3.8) is 0 Å². The fourth-order valence-corrected chi connectivity index (χ4v) is 2.82. The molecule has 1 aromatic rings. The van der Waals surface area contributed by atoms with E-state index in [4.69, 9.17) is 11.6 Å². The SMILES string of the molecule is CCC1NC(c2cccc(Cl)c2)N(C2CC2)C1=O. The van der Waals surface area contributed by atoms with E-state index in [1.807, 2.05) is 36.1 Å². The molecule has 1 aliphatic carbocycles. The van der Waals surface area contributed by atoms with Crippen LogP contribution in [0.2, 0.25) is 5.02 Å². The van der Waals surface area contributed by atoms with Crippen molar-refractivity contribution in [3.05, 3.63) is 34.9 Å². The third kappa shape index (κ3) is 2.02. The minimum atomic E-state index is -0.0467. The molecular weight excluding hydrogens is 248 g/mol. The van der Waals surface area contributed by atoms with Crippen molar-refractivity contribution in [1.29, 1.82) is 0 Å². The molecule has 1 saturated heterocycles. The largest absolute Gasteiger partial charge is 0.319 e. The molecule has 1 aliphatic heterocycles. The van der Waals surface area contributed by atoms with Crippen LogP contribution in [-0.4, -0.2) is 22.9 Å². The van der Waals surface area contributed by atoms with Gasteiger partial charge >= 0.3 is 0 Å². The first-order chi connectivity index (χ1) is 8.70. The molecule has 96 valence electrons. The molecule has 3 nitrogen and oxygen atoms in total. The number of nitrogens with one attached hydrogen (secondary N) is 1. The first-order valence-electron chi connectivity index (χ1n) is 6.54. The number of nitrogens with zero attached hydrogens (tertiary/aromatic N) is 1. The van der Waals surface area contributed by atoms with E-state index in [2.05, 4.69) is 5.32 Å². The monoisotopic (exact) mass is 264 g/mol.